The summed E-state index contributed by atoms with van der Waals surface area (Å²) in [5, 5.41) is 0. The fourth-order valence-electron chi connectivity index (χ4n) is 2.37. The second kappa shape index (κ2) is 8.55. The lowest BCUT2D eigenvalue weighted by atomic mass is 10.1. The van der Waals surface area contributed by atoms with Crippen LogP contribution in [-0.4, -0.2) is 31.1 Å². The van der Waals surface area contributed by atoms with Crippen LogP contribution in [0.3, 0.4) is 0 Å². The zero-order valence-corrected chi connectivity index (χ0v) is 15.6. The van der Waals surface area contributed by atoms with Gasteiger partial charge in [0.05, 0.1) is 29.7 Å². The van der Waals surface area contributed by atoms with Crippen LogP contribution in [0.2, 0.25) is 0 Å². The van der Waals surface area contributed by atoms with E-state index in [-0.39, 0.29) is 5.91 Å². The molecule has 2 aromatic carbocycles. The van der Waals surface area contributed by atoms with E-state index in [0.29, 0.717) is 34.3 Å². The van der Waals surface area contributed by atoms with Crippen molar-refractivity contribution in [2.75, 3.05) is 13.7 Å². The Kier molecular flexibility index (Phi) is 5.93. The number of carbonyl (C=O) groups is 2. The number of amides is 1. The summed E-state index contributed by atoms with van der Waals surface area (Å²) in [4.78, 5) is 28.3. The van der Waals surface area contributed by atoms with Gasteiger partial charge >= 0.3 is 5.97 Å². The summed E-state index contributed by atoms with van der Waals surface area (Å²) in [6.07, 6.45) is 1.72. The first-order chi connectivity index (χ1) is 13.1. The molecule has 1 heterocycles. The van der Waals surface area contributed by atoms with E-state index in [1.165, 1.54) is 24.4 Å². The van der Waals surface area contributed by atoms with Gasteiger partial charge in [-0.2, -0.15) is 0 Å². The largest absolute Gasteiger partial charge is 0.497 e. The molecule has 0 unspecified atom stereocenters. The highest BCUT2D eigenvalue weighted by atomic mass is 32.2. The molecule has 3 rings (SSSR count). The summed E-state index contributed by atoms with van der Waals surface area (Å²) >= 11 is 1.26. The molecule has 1 amide bonds. The van der Waals surface area contributed by atoms with Crippen LogP contribution in [0.25, 0.3) is 6.08 Å². The Bertz CT molecular complexity index is 936. The molecule has 1 aliphatic heterocycles. The molecular weight excluding hydrogens is 366 g/mol. The smallest absolute Gasteiger partial charge is 0.343 e. The molecule has 0 radical (unpaired) electrons. The number of nitrogens with zero attached hydrogens (tertiary/aromatic N) is 1. The first-order valence-corrected chi connectivity index (χ1v) is 9.07. The van der Waals surface area contributed by atoms with Crippen LogP contribution in [0, 0.1) is 0 Å². The van der Waals surface area contributed by atoms with Gasteiger partial charge < -0.3 is 14.2 Å². The molecule has 0 bridgehead atoms. The molecule has 0 aliphatic carbocycles. The number of methoxy groups -OCH3 is 1. The lowest BCUT2D eigenvalue weighted by molar-refractivity contribution is -0.113. The van der Waals surface area contributed by atoms with Crippen LogP contribution in [0.5, 0.6) is 17.2 Å². The maximum atomic E-state index is 12.4. The van der Waals surface area contributed by atoms with Gasteiger partial charge in [0.15, 0.2) is 11.5 Å². The van der Waals surface area contributed by atoms with Gasteiger partial charge in [-0.05, 0) is 48.9 Å². The van der Waals surface area contributed by atoms with Crippen molar-refractivity contribution in [3.63, 3.8) is 0 Å². The van der Waals surface area contributed by atoms with Gasteiger partial charge in [0, 0.05) is 0 Å². The second-order valence-corrected chi connectivity index (χ2v) is 6.31. The Morgan fingerprint density at radius 2 is 2.04 bits per heavy atom. The molecule has 0 saturated carbocycles. The fourth-order valence-corrected chi connectivity index (χ4v) is 2.99. The maximum absolute atomic E-state index is 12.4. The van der Waals surface area contributed by atoms with Crippen molar-refractivity contribution in [3.8, 4) is 17.2 Å². The summed E-state index contributed by atoms with van der Waals surface area (Å²) in [7, 11) is 1.53. The molecule has 0 saturated heterocycles. The van der Waals surface area contributed by atoms with E-state index in [2.05, 4.69) is 4.99 Å². The minimum atomic E-state index is -0.518. The van der Waals surface area contributed by atoms with E-state index in [4.69, 9.17) is 14.2 Å². The Morgan fingerprint density at radius 3 is 2.74 bits per heavy atom. The lowest BCUT2D eigenvalue weighted by Crippen LogP contribution is -2.10. The van der Waals surface area contributed by atoms with Crippen LogP contribution >= 0.6 is 11.8 Å². The van der Waals surface area contributed by atoms with Gasteiger partial charge in [0.25, 0.3) is 5.91 Å². The van der Waals surface area contributed by atoms with Crippen LogP contribution in [0.4, 0.5) is 0 Å². The van der Waals surface area contributed by atoms with Gasteiger partial charge in [-0.1, -0.05) is 23.9 Å². The van der Waals surface area contributed by atoms with E-state index < -0.39 is 5.97 Å². The van der Waals surface area contributed by atoms with Crippen molar-refractivity contribution < 1.29 is 23.8 Å². The minimum absolute atomic E-state index is 0.272. The second-order valence-electron chi connectivity index (χ2n) is 5.43. The molecule has 0 aromatic heterocycles. The molecule has 0 N–H and O–H groups in total. The molecule has 0 spiro atoms. The monoisotopic (exact) mass is 383 g/mol. The molecule has 27 heavy (non-hydrogen) atoms. The highest BCUT2D eigenvalue weighted by Crippen LogP contribution is 2.32. The van der Waals surface area contributed by atoms with Crippen LogP contribution in [0.1, 0.15) is 22.8 Å². The summed E-state index contributed by atoms with van der Waals surface area (Å²) in [5.41, 5.74) is 2.62. The van der Waals surface area contributed by atoms with Crippen molar-refractivity contribution in [1.82, 2.24) is 0 Å². The highest BCUT2D eigenvalue weighted by Gasteiger charge is 2.16. The molecule has 0 fully saturated rings. The van der Waals surface area contributed by atoms with Crippen molar-refractivity contribution in [1.29, 1.82) is 0 Å². The third-order valence-electron chi connectivity index (χ3n) is 3.63. The van der Waals surface area contributed by atoms with Gasteiger partial charge in [-0.3, -0.25) is 4.79 Å². The Hall–Kier alpha value is -3.06. The van der Waals surface area contributed by atoms with Crippen molar-refractivity contribution in [2.45, 2.75) is 6.92 Å². The first-order valence-electron chi connectivity index (χ1n) is 8.19. The molecule has 6 nitrogen and oxygen atoms in total. The molecule has 0 atom stereocenters. The zero-order valence-electron chi connectivity index (χ0n) is 14.8. The van der Waals surface area contributed by atoms with Gasteiger partial charge in [-0.25, -0.2) is 9.79 Å². The number of carbonyl (C=O) groups excluding carboxylic acids is 2. The maximum Gasteiger partial charge on any atom is 0.343 e. The molecule has 138 valence electrons. The average molecular weight is 383 g/mol. The summed E-state index contributed by atoms with van der Waals surface area (Å²) in [5.74, 6) is 0.493. The van der Waals surface area contributed by atoms with E-state index in [1.807, 2.05) is 6.92 Å². The summed E-state index contributed by atoms with van der Waals surface area (Å²) in [6, 6.07) is 11.8. The normalized spacial score (nSPS) is 14.4. The number of hydrogen-bond donors (Lipinski definition) is 0. The number of benzene rings is 2. The number of hydrogen-bond acceptors (Lipinski definition) is 6. The number of esters is 1. The third kappa shape index (κ3) is 4.57. The average Bonchev–Trinajstić information content (AvgIpc) is 3.08. The van der Waals surface area contributed by atoms with Gasteiger partial charge in [0.2, 0.25) is 0 Å². The molecule has 7 heteroatoms. The van der Waals surface area contributed by atoms with E-state index >= 15 is 0 Å². The Balaban J connectivity index is 1.84. The molecule has 1 aliphatic rings. The number of aliphatic imine (C=N–C) groups is 1. The van der Waals surface area contributed by atoms with E-state index in [0.717, 1.165) is 5.56 Å². The minimum Gasteiger partial charge on any atom is -0.497 e. The number of ether oxygens (including phenoxy) is 3. The predicted molar refractivity (Wildman–Crippen MR) is 105 cm³/mol. The highest BCUT2D eigenvalue weighted by molar-refractivity contribution is 8.16. The fraction of sp³-hybridized carbons (Fsp3) is 0.150. The van der Waals surface area contributed by atoms with Crippen LogP contribution in [-0.2, 0) is 4.79 Å². The first kappa shape index (κ1) is 18.7. The van der Waals surface area contributed by atoms with Gasteiger partial charge in [-0.15, -0.1) is 0 Å². The van der Waals surface area contributed by atoms with Crippen LogP contribution in [0.15, 0.2) is 52.4 Å². The Labute approximate surface area is 160 Å². The lowest BCUT2D eigenvalue weighted by Gasteiger charge is -2.12. The Morgan fingerprint density at radius 1 is 1.19 bits per heavy atom. The number of thioether (sulfide) groups is 1. The van der Waals surface area contributed by atoms with Crippen molar-refractivity contribution >= 4 is 35.3 Å². The predicted octanol–water partition coefficient (Wildman–Crippen LogP) is 3.96. The quantitative estimate of drug-likeness (QED) is 0.427. The topological polar surface area (TPSA) is 74.2 Å². The zero-order chi connectivity index (χ0) is 19.2. The van der Waals surface area contributed by atoms with Crippen molar-refractivity contribution in [2.24, 2.45) is 4.99 Å². The molecule has 2 aromatic rings. The summed E-state index contributed by atoms with van der Waals surface area (Å²) < 4.78 is 16.2. The number of rotatable bonds is 6. The SMILES string of the molecule is CCOc1cc(C=C2SC=NC2=O)ccc1OC(=O)c1cccc(OC)c1. The van der Waals surface area contributed by atoms with Gasteiger partial charge in [0.1, 0.15) is 5.75 Å². The van der Waals surface area contributed by atoms with E-state index in [9.17, 15) is 9.59 Å². The molecular formula is C20H17NO5S. The van der Waals surface area contributed by atoms with E-state index in [1.54, 1.807) is 48.5 Å². The van der Waals surface area contributed by atoms with Crippen molar-refractivity contribution in [3.05, 3.63) is 58.5 Å². The van der Waals surface area contributed by atoms with Crippen LogP contribution < -0.4 is 14.2 Å². The third-order valence-corrected chi connectivity index (χ3v) is 4.39. The summed E-state index contributed by atoms with van der Waals surface area (Å²) in [6.45, 7) is 2.24. The standard InChI is InChI=1S/C20H17NO5S/c1-3-25-17-9-13(10-18-19(22)21-12-27-18)7-8-16(17)26-20(23)14-5-4-6-15(11-14)24-2/h4-12H,3H2,1-2H3.